The van der Waals surface area contributed by atoms with Gasteiger partial charge in [-0.2, -0.15) is 0 Å². The minimum atomic E-state index is -0.569. The number of halogens is 2. The van der Waals surface area contributed by atoms with Gasteiger partial charge in [0, 0.05) is 24.4 Å². The van der Waals surface area contributed by atoms with Gasteiger partial charge in [-0.15, -0.1) is 0 Å². The molecule has 90 valence electrons. The Kier molecular flexibility index (Phi) is 3.68. The minimum Gasteiger partial charge on any atom is -0.362 e. The third kappa shape index (κ3) is 2.79. The van der Waals surface area contributed by atoms with Crippen molar-refractivity contribution >= 4 is 16.5 Å². The molecule has 0 radical (unpaired) electrons. The van der Waals surface area contributed by atoms with E-state index in [1.54, 1.807) is 6.20 Å². The molecule has 0 unspecified atom stereocenters. The van der Waals surface area contributed by atoms with Crippen LogP contribution in [-0.2, 0) is 0 Å². The zero-order chi connectivity index (χ0) is 12.3. The average molecular weight is 254 g/mol. The predicted octanol–water partition coefficient (Wildman–Crippen LogP) is 3.91. The summed E-state index contributed by atoms with van der Waals surface area (Å²) in [4.78, 5) is 4.84. The van der Waals surface area contributed by atoms with Crippen molar-refractivity contribution in [3.63, 3.8) is 0 Å². The van der Waals surface area contributed by atoms with Gasteiger partial charge in [0.05, 0.1) is 4.88 Å². The number of aromatic nitrogens is 1. The smallest absolute Gasteiger partial charge is 0.183 e. The van der Waals surface area contributed by atoms with E-state index in [-0.39, 0.29) is 0 Å². The summed E-state index contributed by atoms with van der Waals surface area (Å²) < 4.78 is 26.3. The summed E-state index contributed by atoms with van der Waals surface area (Å²) in [6.45, 7) is 2.89. The molecule has 0 aliphatic carbocycles. The van der Waals surface area contributed by atoms with Gasteiger partial charge in [-0.25, -0.2) is 13.8 Å². The maximum absolute atomic E-state index is 13.5. The zero-order valence-electron chi connectivity index (χ0n) is 9.34. The molecule has 0 aliphatic rings. The lowest BCUT2D eigenvalue weighted by Crippen LogP contribution is -1.97. The van der Waals surface area contributed by atoms with Gasteiger partial charge in [-0.3, -0.25) is 0 Å². The maximum Gasteiger partial charge on any atom is 0.183 e. The van der Waals surface area contributed by atoms with Crippen LogP contribution in [-0.4, -0.2) is 11.5 Å². The van der Waals surface area contributed by atoms with Crippen molar-refractivity contribution in [3.8, 4) is 10.4 Å². The number of nitrogens with zero attached hydrogens (tertiary/aromatic N) is 1. The third-order valence-corrected chi connectivity index (χ3v) is 3.22. The van der Waals surface area contributed by atoms with Gasteiger partial charge in [0.25, 0.3) is 0 Å². The van der Waals surface area contributed by atoms with Crippen LogP contribution in [0, 0.1) is 11.6 Å². The van der Waals surface area contributed by atoms with E-state index in [2.05, 4.69) is 17.2 Å². The summed E-state index contributed by atoms with van der Waals surface area (Å²) in [5.74, 6) is -1.13. The van der Waals surface area contributed by atoms with E-state index in [0.717, 1.165) is 24.2 Å². The monoisotopic (exact) mass is 254 g/mol. The van der Waals surface area contributed by atoms with Gasteiger partial charge >= 0.3 is 0 Å². The average Bonchev–Trinajstić information content (AvgIpc) is 2.75. The van der Waals surface area contributed by atoms with Crippen molar-refractivity contribution < 1.29 is 8.78 Å². The molecule has 1 N–H and O–H groups in total. The van der Waals surface area contributed by atoms with Gasteiger partial charge < -0.3 is 5.32 Å². The van der Waals surface area contributed by atoms with Crippen molar-refractivity contribution in [1.29, 1.82) is 0 Å². The summed E-state index contributed by atoms with van der Waals surface area (Å²) in [5.41, 5.74) is 0.383. The lowest BCUT2D eigenvalue weighted by atomic mass is 10.2. The lowest BCUT2D eigenvalue weighted by molar-refractivity contribution is 0.586. The fraction of sp³-hybridized carbons (Fsp3) is 0.250. The minimum absolute atomic E-state index is 0.383. The molecule has 1 aromatic heterocycles. The van der Waals surface area contributed by atoms with Crippen molar-refractivity contribution in [2.45, 2.75) is 13.3 Å². The third-order valence-electron chi connectivity index (χ3n) is 2.23. The SMILES string of the molecule is CCCNc1ncc(-c2ccc(F)cc2F)s1. The molecule has 2 aromatic rings. The van der Waals surface area contributed by atoms with E-state index in [4.69, 9.17) is 0 Å². The van der Waals surface area contributed by atoms with E-state index in [0.29, 0.717) is 10.4 Å². The molecule has 0 fully saturated rings. The highest BCUT2D eigenvalue weighted by Crippen LogP contribution is 2.30. The molecule has 1 aromatic carbocycles. The van der Waals surface area contributed by atoms with Crippen LogP contribution in [0.25, 0.3) is 10.4 Å². The normalized spacial score (nSPS) is 10.5. The van der Waals surface area contributed by atoms with E-state index < -0.39 is 11.6 Å². The Hall–Kier alpha value is -1.49. The van der Waals surface area contributed by atoms with Crippen LogP contribution in [0.2, 0.25) is 0 Å². The van der Waals surface area contributed by atoms with Crippen LogP contribution in [0.4, 0.5) is 13.9 Å². The molecular weight excluding hydrogens is 242 g/mol. The number of nitrogens with one attached hydrogen (secondary N) is 1. The summed E-state index contributed by atoms with van der Waals surface area (Å²) in [6.07, 6.45) is 2.60. The quantitative estimate of drug-likeness (QED) is 0.894. The van der Waals surface area contributed by atoms with Crippen LogP contribution in [0.1, 0.15) is 13.3 Å². The molecule has 5 heteroatoms. The molecule has 2 rings (SSSR count). The number of hydrogen-bond acceptors (Lipinski definition) is 3. The molecular formula is C12H12F2N2S. The Bertz CT molecular complexity index is 511. The maximum atomic E-state index is 13.5. The second kappa shape index (κ2) is 5.23. The number of benzene rings is 1. The zero-order valence-corrected chi connectivity index (χ0v) is 10.2. The molecule has 0 bridgehead atoms. The molecule has 0 aliphatic heterocycles. The summed E-state index contributed by atoms with van der Waals surface area (Å²) in [7, 11) is 0. The topological polar surface area (TPSA) is 24.9 Å². The second-order valence-corrected chi connectivity index (χ2v) is 4.61. The molecule has 0 saturated carbocycles. The molecule has 0 amide bonds. The summed E-state index contributed by atoms with van der Waals surface area (Å²) in [5, 5.41) is 3.88. The van der Waals surface area contributed by atoms with Gasteiger partial charge in [-0.05, 0) is 18.6 Å². The van der Waals surface area contributed by atoms with Crippen molar-refractivity contribution in [2.24, 2.45) is 0 Å². The Morgan fingerprint density at radius 1 is 1.35 bits per heavy atom. The summed E-state index contributed by atoms with van der Waals surface area (Å²) >= 11 is 1.36. The predicted molar refractivity (Wildman–Crippen MR) is 66.2 cm³/mol. The fourth-order valence-electron chi connectivity index (χ4n) is 1.40. The molecule has 0 saturated heterocycles. The highest BCUT2D eigenvalue weighted by atomic mass is 32.1. The number of rotatable bonds is 4. The first-order valence-electron chi connectivity index (χ1n) is 5.36. The standard InChI is InChI=1S/C12H12F2N2S/c1-2-5-15-12-16-7-11(17-12)9-4-3-8(13)6-10(9)14/h3-4,6-7H,2,5H2,1H3,(H,15,16). The molecule has 0 spiro atoms. The van der Waals surface area contributed by atoms with E-state index in [1.807, 2.05) is 0 Å². The van der Waals surface area contributed by atoms with Crippen molar-refractivity contribution in [1.82, 2.24) is 4.98 Å². The van der Waals surface area contributed by atoms with Gasteiger partial charge in [0.2, 0.25) is 0 Å². The van der Waals surface area contributed by atoms with Crippen LogP contribution < -0.4 is 5.32 Å². The molecule has 1 heterocycles. The number of anilines is 1. The Morgan fingerprint density at radius 3 is 2.88 bits per heavy atom. The highest BCUT2D eigenvalue weighted by Gasteiger charge is 2.09. The van der Waals surface area contributed by atoms with Crippen LogP contribution in [0.3, 0.4) is 0 Å². The van der Waals surface area contributed by atoms with Crippen molar-refractivity contribution in [3.05, 3.63) is 36.0 Å². The van der Waals surface area contributed by atoms with Crippen LogP contribution in [0.5, 0.6) is 0 Å². The Balaban J connectivity index is 2.24. The van der Waals surface area contributed by atoms with Gasteiger partial charge in [0.15, 0.2) is 5.13 Å². The second-order valence-electron chi connectivity index (χ2n) is 3.58. The van der Waals surface area contributed by atoms with Gasteiger partial charge in [-0.1, -0.05) is 18.3 Å². The van der Waals surface area contributed by atoms with Gasteiger partial charge in [0.1, 0.15) is 11.6 Å². The van der Waals surface area contributed by atoms with E-state index >= 15 is 0 Å². The van der Waals surface area contributed by atoms with Crippen LogP contribution in [0.15, 0.2) is 24.4 Å². The Morgan fingerprint density at radius 2 is 2.18 bits per heavy atom. The number of hydrogen-bond donors (Lipinski definition) is 1. The fourth-order valence-corrected chi connectivity index (χ4v) is 2.27. The molecule has 0 atom stereocenters. The van der Waals surface area contributed by atoms with E-state index in [9.17, 15) is 8.78 Å². The lowest BCUT2D eigenvalue weighted by Gasteiger charge is -1.99. The molecule has 2 nitrogen and oxygen atoms in total. The Labute approximate surface area is 102 Å². The first-order chi connectivity index (χ1) is 8.20. The summed E-state index contributed by atoms with van der Waals surface area (Å²) in [6, 6.07) is 3.56. The van der Waals surface area contributed by atoms with Crippen molar-refractivity contribution in [2.75, 3.05) is 11.9 Å². The first-order valence-corrected chi connectivity index (χ1v) is 6.17. The highest BCUT2D eigenvalue weighted by molar-refractivity contribution is 7.18. The van der Waals surface area contributed by atoms with Crippen LogP contribution >= 0.6 is 11.3 Å². The largest absolute Gasteiger partial charge is 0.362 e. The molecule has 17 heavy (non-hydrogen) atoms. The first kappa shape index (κ1) is 12.0. The number of thiazole rings is 1. The van der Waals surface area contributed by atoms with E-state index in [1.165, 1.54) is 23.5 Å².